The number of rotatable bonds is 7. The molecule has 1 aromatic heterocycles. The van der Waals surface area contributed by atoms with E-state index in [1.54, 1.807) is 0 Å². The number of amides is 1. The Morgan fingerprint density at radius 3 is 2.77 bits per heavy atom. The fourth-order valence-corrected chi connectivity index (χ4v) is 2.97. The molecule has 8 nitrogen and oxygen atoms in total. The smallest absolute Gasteiger partial charge is 0.269 e. The SMILES string of the molecule is CCOc1ccc2nc(SCC(=O)Nc3ccc([N+](=O)[O-])cc3)[nH]c2c1. The van der Waals surface area contributed by atoms with Crippen LogP contribution in [-0.2, 0) is 4.79 Å². The Labute approximate surface area is 153 Å². The lowest BCUT2D eigenvalue weighted by Gasteiger charge is -2.03. The first-order chi connectivity index (χ1) is 12.5. The number of aromatic amines is 1. The van der Waals surface area contributed by atoms with Crippen molar-refractivity contribution in [2.75, 3.05) is 17.7 Å². The van der Waals surface area contributed by atoms with Crippen LogP contribution in [-0.4, -0.2) is 33.2 Å². The zero-order chi connectivity index (χ0) is 18.5. The average molecular weight is 372 g/mol. The van der Waals surface area contributed by atoms with Gasteiger partial charge in [-0.3, -0.25) is 14.9 Å². The monoisotopic (exact) mass is 372 g/mol. The highest BCUT2D eigenvalue weighted by atomic mass is 32.2. The van der Waals surface area contributed by atoms with Gasteiger partial charge in [0.2, 0.25) is 5.91 Å². The van der Waals surface area contributed by atoms with E-state index < -0.39 is 4.92 Å². The number of imidazole rings is 1. The van der Waals surface area contributed by atoms with Gasteiger partial charge in [0, 0.05) is 23.9 Å². The molecule has 0 spiro atoms. The third kappa shape index (κ3) is 4.31. The van der Waals surface area contributed by atoms with Gasteiger partial charge >= 0.3 is 0 Å². The number of nitrogens with one attached hydrogen (secondary N) is 2. The molecule has 0 radical (unpaired) electrons. The molecule has 3 aromatic rings. The molecule has 2 N–H and O–H groups in total. The molecule has 0 saturated carbocycles. The molecular formula is C17H16N4O4S. The summed E-state index contributed by atoms with van der Waals surface area (Å²) in [7, 11) is 0. The van der Waals surface area contributed by atoms with Crippen molar-refractivity contribution in [2.45, 2.75) is 12.1 Å². The Hall–Kier alpha value is -3.07. The number of nitro benzene ring substituents is 1. The predicted molar refractivity (Wildman–Crippen MR) is 99.7 cm³/mol. The van der Waals surface area contributed by atoms with Crippen molar-refractivity contribution in [3.05, 3.63) is 52.6 Å². The molecule has 9 heteroatoms. The molecule has 0 bridgehead atoms. The van der Waals surface area contributed by atoms with Gasteiger partial charge in [0.05, 0.1) is 28.3 Å². The second kappa shape index (κ2) is 7.87. The first kappa shape index (κ1) is 17.7. The molecule has 0 fully saturated rings. The number of aromatic nitrogens is 2. The third-order valence-corrected chi connectivity index (χ3v) is 4.32. The van der Waals surface area contributed by atoms with Crippen molar-refractivity contribution in [1.82, 2.24) is 9.97 Å². The van der Waals surface area contributed by atoms with Crippen molar-refractivity contribution in [3.8, 4) is 5.75 Å². The zero-order valence-corrected chi connectivity index (χ0v) is 14.7. The van der Waals surface area contributed by atoms with Crippen molar-refractivity contribution in [1.29, 1.82) is 0 Å². The van der Waals surface area contributed by atoms with E-state index in [1.807, 2.05) is 25.1 Å². The topological polar surface area (TPSA) is 110 Å². The molecule has 1 heterocycles. The summed E-state index contributed by atoms with van der Waals surface area (Å²) in [6.07, 6.45) is 0. The van der Waals surface area contributed by atoms with E-state index in [2.05, 4.69) is 15.3 Å². The van der Waals surface area contributed by atoms with Crippen molar-refractivity contribution < 1.29 is 14.5 Å². The summed E-state index contributed by atoms with van der Waals surface area (Å²) in [4.78, 5) is 29.7. The lowest BCUT2D eigenvalue weighted by molar-refractivity contribution is -0.384. The number of non-ortho nitro benzene ring substituents is 1. The number of ether oxygens (including phenoxy) is 1. The van der Waals surface area contributed by atoms with Gasteiger partial charge in [0.25, 0.3) is 5.69 Å². The van der Waals surface area contributed by atoms with E-state index in [0.29, 0.717) is 17.5 Å². The summed E-state index contributed by atoms with van der Waals surface area (Å²) in [5.41, 5.74) is 2.12. The van der Waals surface area contributed by atoms with Gasteiger partial charge in [-0.25, -0.2) is 4.98 Å². The lowest BCUT2D eigenvalue weighted by atomic mass is 10.3. The molecule has 134 valence electrons. The summed E-state index contributed by atoms with van der Waals surface area (Å²) in [6.45, 7) is 2.51. The lowest BCUT2D eigenvalue weighted by Crippen LogP contribution is -2.14. The van der Waals surface area contributed by atoms with Crippen LogP contribution in [0.1, 0.15) is 6.92 Å². The van der Waals surface area contributed by atoms with Crippen molar-refractivity contribution >= 4 is 40.1 Å². The van der Waals surface area contributed by atoms with Crippen LogP contribution in [0.25, 0.3) is 11.0 Å². The third-order valence-electron chi connectivity index (χ3n) is 3.44. The molecule has 0 aliphatic heterocycles. The minimum atomic E-state index is -0.486. The van der Waals surface area contributed by atoms with Crippen LogP contribution in [0.3, 0.4) is 0 Å². The highest BCUT2D eigenvalue weighted by Crippen LogP contribution is 2.23. The van der Waals surface area contributed by atoms with Gasteiger partial charge in [-0.05, 0) is 31.2 Å². The molecule has 0 unspecified atom stereocenters. The largest absolute Gasteiger partial charge is 0.494 e. The van der Waals surface area contributed by atoms with Gasteiger partial charge in [0.1, 0.15) is 5.75 Å². The Kier molecular flexibility index (Phi) is 5.37. The Bertz CT molecular complexity index is 940. The number of hydrogen-bond donors (Lipinski definition) is 2. The summed E-state index contributed by atoms with van der Waals surface area (Å²) >= 11 is 1.27. The minimum Gasteiger partial charge on any atom is -0.494 e. The molecule has 0 saturated heterocycles. The van der Waals surface area contributed by atoms with Crippen molar-refractivity contribution in [2.24, 2.45) is 0 Å². The maximum atomic E-state index is 12.0. The predicted octanol–water partition coefficient (Wildman–Crippen LogP) is 3.60. The minimum absolute atomic E-state index is 0.0222. The van der Waals surface area contributed by atoms with E-state index >= 15 is 0 Å². The number of thioether (sulfide) groups is 1. The molecule has 0 aliphatic carbocycles. The summed E-state index contributed by atoms with van der Waals surface area (Å²) in [5, 5.41) is 13.9. The Morgan fingerprint density at radius 2 is 2.08 bits per heavy atom. The highest BCUT2D eigenvalue weighted by Gasteiger charge is 2.09. The fourth-order valence-electron chi connectivity index (χ4n) is 2.29. The van der Waals surface area contributed by atoms with Gasteiger partial charge in [0.15, 0.2) is 5.16 Å². The Balaban J connectivity index is 1.58. The average Bonchev–Trinajstić information content (AvgIpc) is 3.03. The summed E-state index contributed by atoms with van der Waals surface area (Å²) in [6, 6.07) is 11.3. The van der Waals surface area contributed by atoms with E-state index in [9.17, 15) is 14.9 Å². The van der Waals surface area contributed by atoms with Gasteiger partial charge in [-0.15, -0.1) is 0 Å². The van der Waals surface area contributed by atoms with E-state index in [0.717, 1.165) is 16.8 Å². The molecular weight excluding hydrogens is 356 g/mol. The highest BCUT2D eigenvalue weighted by molar-refractivity contribution is 7.99. The molecule has 0 aliphatic rings. The Morgan fingerprint density at radius 1 is 1.31 bits per heavy atom. The fraction of sp³-hybridized carbons (Fsp3) is 0.176. The number of fused-ring (bicyclic) bond motifs is 1. The van der Waals surface area contributed by atoms with Gasteiger partial charge in [-0.1, -0.05) is 11.8 Å². The van der Waals surface area contributed by atoms with Gasteiger partial charge < -0.3 is 15.0 Å². The van der Waals surface area contributed by atoms with Crippen LogP contribution in [0.5, 0.6) is 5.75 Å². The van der Waals surface area contributed by atoms with Gasteiger partial charge in [-0.2, -0.15) is 0 Å². The molecule has 3 rings (SSSR count). The molecule has 26 heavy (non-hydrogen) atoms. The number of anilines is 1. The summed E-state index contributed by atoms with van der Waals surface area (Å²) in [5.74, 6) is 0.699. The number of carbonyl (C=O) groups excluding carboxylic acids is 1. The van der Waals surface area contributed by atoms with E-state index in [4.69, 9.17) is 4.74 Å². The number of nitrogens with zero attached hydrogens (tertiary/aromatic N) is 2. The van der Waals surface area contributed by atoms with Crippen LogP contribution >= 0.6 is 11.8 Å². The molecule has 2 aromatic carbocycles. The van der Waals surface area contributed by atoms with Crippen LogP contribution in [0.15, 0.2) is 47.6 Å². The maximum Gasteiger partial charge on any atom is 0.269 e. The first-order valence-electron chi connectivity index (χ1n) is 7.85. The zero-order valence-electron chi connectivity index (χ0n) is 13.9. The second-order valence-electron chi connectivity index (χ2n) is 5.29. The number of nitro groups is 1. The van der Waals surface area contributed by atoms with E-state index in [1.165, 1.54) is 36.0 Å². The van der Waals surface area contributed by atoms with Crippen LogP contribution in [0.2, 0.25) is 0 Å². The number of hydrogen-bond acceptors (Lipinski definition) is 6. The first-order valence-corrected chi connectivity index (χ1v) is 8.83. The number of carbonyl (C=O) groups is 1. The quantitative estimate of drug-likeness (QED) is 0.372. The maximum absolute atomic E-state index is 12.0. The van der Waals surface area contributed by atoms with Crippen LogP contribution in [0.4, 0.5) is 11.4 Å². The normalized spacial score (nSPS) is 10.7. The summed E-state index contributed by atoms with van der Waals surface area (Å²) < 4.78 is 5.45. The van der Waals surface area contributed by atoms with Crippen molar-refractivity contribution in [3.63, 3.8) is 0 Å². The van der Waals surface area contributed by atoms with E-state index in [-0.39, 0.29) is 17.3 Å². The van der Waals surface area contributed by atoms with Crippen LogP contribution in [0, 0.1) is 10.1 Å². The number of benzene rings is 2. The molecule has 0 atom stereocenters. The number of H-pyrrole nitrogens is 1. The van der Waals surface area contributed by atoms with Crippen LogP contribution < -0.4 is 10.1 Å². The molecule has 1 amide bonds. The standard InChI is InChI=1S/C17H16N4O4S/c1-2-25-13-7-8-14-15(9-13)20-17(19-14)26-10-16(22)18-11-3-5-12(6-4-11)21(23)24/h3-9H,2,10H2,1H3,(H,18,22)(H,19,20). The second-order valence-corrected chi connectivity index (χ2v) is 6.26.